The summed E-state index contributed by atoms with van der Waals surface area (Å²) >= 11 is 0. The fraction of sp³-hybridized carbons (Fsp3) is 0.348. The van der Waals surface area contributed by atoms with Crippen LogP contribution in [0, 0.1) is 0 Å². The van der Waals surface area contributed by atoms with Gasteiger partial charge in [0.25, 0.3) is 10.2 Å². The Balaban J connectivity index is 1.37. The van der Waals surface area contributed by atoms with E-state index in [1.165, 1.54) is 0 Å². The first-order valence-corrected chi connectivity index (χ1v) is 12.5. The van der Waals surface area contributed by atoms with Gasteiger partial charge in [-0.2, -0.15) is 18.2 Å². The molecule has 0 saturated carbocycles. The van der Waals surface area contributed by atoms with E-state index in [2.05, 4.69) is 19.5 Å². The maximum atomic E-state index is 13.5. The molecule has 3 aromatic rings. The van der Waals surface area contributed by atoms with Crippen LogP contribution < -0.4 is 9.44 Å². The predicted molar refractivity (Wildman–Crippen MR) is 125 cm³/mol. The number of pyridine rings is 1. The minimum Gasteiger partial charge on any atom is -0.376 e. The van der Waals surface area contributed by atoms with Crippen LogP contribution in [0.5, 0.6) is 0 Å². The molecule has 0 spiro atoms. The Bertz CT molecular complexity index is 1330. The number of carbonyl (C=O) groups excluding carboxylic acids is 1. The number of rotatable bonds is 6. The first kappa shape index (κ1) is 22.7. The molecule has 1 aliphatic heterocycles. The van der Waals surface area contributed by atoms with Crippen LogP contribution in [0.1, 0.15) is 27.2 Å². The second-order valence-electron chi connectivity index (χ2n) is 8.34. The number of ether oxygens (including phenoxy) is 2. The molecule has 34 heavy (non-hydrogen) atoms. The lowest BCUT2D eigenvalue weighted by Crippen LogP contribution is -2.41. The lowest BCUT2D eigenvalue weighted by atomic mass is 9.98. The molecule has 11 heteroatoms. The van der Waals surface area contributed by atoms with E-state index in [-0.39, 0.29) is 18.4 Å². The normalized spacial score (nSPS) is 18.1. The first-order chi connectivity index (χ1) is 16.4. The van der Waals surface area contributed by atoms with Crippen LogP contribution in [0.2, 0.25) is 0 Å². The summed E-state index contributed by atoms with van der Waals surface area (Å²) in [5.74, 6) is -0.178. The van der Waals surface area contributed by atoms with Crippen LogP contribution in [0.4, 0.5) is 5.69 Å². The van der Waals surface area contributed by atoms with Crippen LogP contribution >= 0.6 is 0 Å². The largest absolute Gasteiger partial charge is 0.376 e. The topological polar surface area (TPSA) is 124 Å². The van der Waals surface area contributed by atoms with E-state index in [0.29, 0.717) is 49.5 Å². The number of nitrogens with zero attached hydrogens (tertiary/aromatic N) is 3. The summed E-state index contributed by atoms with van der Waals surface area (Å²) in [4.78, 5) is 18.0. The molecular formula is C23H25N5O5S. The lowest BCUT2D eigenvalue weighted by molar-refractivity contribution is -0.0846. The number of fused-ring (bicyclic) bond motifs is 2. The number of aryl methyl sites for hydroxylation is 3. The first-order valence-electron chi connectivity index (χ1n) is 11.0. The van der Waals surface area contributed by atoms with E-state index >= 15 is 0 Å². The highest BCUT2D eigenvalue weighted by atomic mass is 32.2. The Kier molecular flexibility index (Phi) is 6.17. The van der Waals surface area contributed by atoms with Crippen LogP contribution in [-0.2, 0) is 39.6 Å². The number of nitrogens with one attached hydrogen (secondary N) is 2. The van der Waals surface area contributed by atoms with Gasteiger partial charge in [-0.1, -0.05) is 6.07 Å². The Morgan fingerprint density at radius 1 is 1.12 bits per heavy atom. The molecule has 0 amide bonds. The summed E-state index contributed by atoms with van der Waals surface area (Å²) in [6.45, 7) is 1.37. The van der Waals surface area contributed by atoms with Crippen molar-refractivity contribution in [2.45, 2.75) is 18.9 Å². The van der Waals surface area contributed by atoms with Crippen molar-refractivity contribution in [3.63, 3.8) is 0 Å². The molecular weight excluding hydrogens is 458 g/mol. The molecule has 10 nitrogen and oxygen atoms in total. The van der Waals surface area contributed by atoms with Gasteiger partial charge in [0.1, 0.15) is 0 Å². The summed E-state index contributed by atoms with van der Waals surface area (Å²) in [5, 5.41) is 4.19. The van der Waals surface area contributed by atoms with E-state index in [0.717, 1.165) is 22.4 Å². The van der Waals surface area contributed by atoms with E-state index < -0.39 is 10.2 Å². The van der Waals surface area contributed by atoms with Crippen molar-refractivity contribution < 1.29 is 22.7 Å². The minimum absolute atomic E-state index is 0.0926. The van der Waals surface area contributed by atoms with Crippen molar-refractivity contribution in [3.05, 3.63) is 65.2 Å². The van der Waals surface area contributed by atoms with E-state index in [9.17, 15) is 13.2 Å². The average Bonchev–Trinajstić information content (AvgIpc) is 3.22. The lowest BCUT2D eigenvalue weighted by Gasteiger charge is -2.23. The minimum atomic E-state index is -3.86. The summed E-state index contributed by atoms with van der Waals surface area (Å²) in [6, 6.07) is 6.87. The van der Waals surface area contributed by atoms with Gasteiger partial charge in [-0.15, -0.1) is 0 Å². The van der Waals surface area contributed by atoms with E-state index in [1.807, 2.05) is 19.3 Å². The third-order valence-electron chi connectivity index (χ3n) is 5.88. The molecule has 0 radical (unpaired) electrons. The maximum Gasteiger partial charge on any atom is 0.299 e. The zero-order chi connectivity index (χ0) is 23.7. The molecule has 5 rings (SSSR count). The molecule has 0 bridgehead atoms. The van der Waals surface area contributed by atoms with Crippen LogP contribution in [0.15, 0.2) is 42.9 Å². The van der Waals surface area contributed by atoms with E-state index in [4.69, 9.17) is 9.47 Å². The molecule has 3 heterocycles. The van der Waals surface area contributed by atoms with Crippen molar-refractivity contribution in [3.8, 4) is 11.1 Å². The van der Waals surface area contributed by atoms with Gasteiger partial charge in [0.15, 0.2) is 5.78 Å². The van der Waals surface area contributed by atoms with Gasteiger partial charge in [-0.25, -0.2) is 0 Å². The van der Waals surface area contributed by atoms with Crippen molar-refractivity contribution in [1.82, 2.24) is 19.5 Å². The highest BCUT2D eigenvalue weighted by molar-refractivity contribution is 7.90. The van der Waals surface area contributed by atoms with Crippen LogP contribution in [0.25, 0.3) is 11.1 Å². The van der Waals surface area contributed by atoms with Gasteiger partial charge in [0.05, 0.1) is 43.5 Å². The van der Waals surface area contributed by atoms with Crippen molar-refractivity contribution >= 4 is 21.7 Å². The van der Waals surface area contributed by atoms with Crippen molar-refractivity contribution in [2.24, 2.45) is 7.05 Å². The molecule has 1 aromatic carbocycles. The predicted octanol–water partition coefficient (Wildman–Crippen LogP) is 1.47. The van der Waals surface area contributed by atoms with Gasteiger partial charge in [-0.3, -0.25) is 19.2 Å². The highest BCUT2D eigenvalue weighted by Gasteiger charge is 2.24. The molecule has 1 aliphatic carbocycles. The van der Waals surface area contributed by atoms with Gasteiger partial charge in [0.2, 0.25) is 0 Å². The molecule has 2 aliphatic rings. The smallest absolute Gasteiger partial charge is 0.299 e. The SMILES string of the molecule is Cn1cc(-c2cnc3c(c2)C(=O)c2cc(NS(=O)(=O)NC[C@@H]4COCCO4)ccc2CC3)cn1. The zero-order valence-electron chi connectivity index (χ0n) is 18.7. The second-order valence-corrected chi connectivity index (χ2v) is 9.84. The standard InChI is InChI=1S/C23H25N5O5S/c1-28-13-17(11-25-28)16-8-21-22(24-10-16)5-3-15-2-4-18(9-20(15)23(21)29)27-34(30,31)26-12-19-14-32-6-7-33-19/h2,4,8-11,13,19,26-27H,3,5-7,12,14H2,1H3/t19-/m1/s1. The maximum absolute atomic E-state index is 13.5. The monoisotopic (exact) mass is 483 g/mol. The number of benzene rings is 1. The molecule has 2 N–H and O–H groups in total. The molecule has 1 saturated heterocycles. The van der Waals surface area contributed by atoms with Crippen molar-refractivity contribution in [1.29, 1.82) is 0 Å². The Hall–Kier alpha value is -3.12. The second kappa shape index (κ2) is 9.26. The van der Waals surface area contributed by atoms with Crippen LogP contribution in [-0.4, -0.2) is 61.4 Å². The van der Waals surface area contributed by atoms with E-state index in [1.54, 1.807) is 35.3 Å². The van der Waals surface area contributed by atoms with Gasteiger partial charge >= 0.3 is 0 Å². The number of carbonyl (C=O) groups is 1. The molecule has 1 atom stereocenters. The number of hydrogen-bond donors (Lipinski definition) is 2. The summed E-state index contributed by atoms with van der Waals surface area (Å²) < 4.78 is 42.5. The quantitative estimate of drug-likeness (QED) is 0.544. The summed E-state index contributed by atoms with van der Waals surface area (Å²) in [7, 11) is -2.03. The molecule has 178 valence electrons. The molecule has 1 fully saturated rings. The Morgan fingerprint density at radius 3 is 2.76 bits per heavy atom. The fourth-order valence-corrected chi connectivity index (χ4v) is 5.05. The molecule has 0 unspecified atom stereocenters. The Labute approximate surface area is 197 Å². The number of anilines is 1. The summed E-state index contributed by atoms with van der Waals surface area (Å²) in [5.41, 5.74) is 4.55. The third-order valence-corrected chi connectivity index (χ3v) is 6.93. The van der Waals surface area contributed by atoms with Crippen LogP contribution in [0.3, 0.4) is 0 Å². The van der Waals surface area contributed by atoms with Gasteiger partial charge < -0.3 is 9.47 Å². The van der Waals surface area contributed by atoms with Gasteiger partial charge in [0, 0.05) is 48.2 Å². The highest BCUT2D eigenvalue weighted by Crippen LogP contribution is 2.29. The Morgan fingerprint density at radius 2 is 2.00 bits per heavy atom. The number of aromatic nitrogens is 3. The molecule has 2 aromatic heterocycles. The fourth-order valence-electron chi connectivity index (χ4n) is 4.13. The summed E-state index contributed by atoms with van der Waals surface area (Å²) in [6.07, 6.45) is 6.27. The average molecular weight is 484 g/mol. The zero-order valence-corrected chi connectivity index (χ0v) is 19.5. The van der Waals surface area contributed by atoms with Gasteiger partial charge in [-0.05, 0) is 36.6 Å². The van der Waals surface area contributed by atoms with Crippen molar-refractivity contribution in [2.75, 3.05) is 31.1 Å². The number of ketones is 1. The number of hydrogen-bond acceptors (Lipinski definition) is 7. The third kappa shape index (κ3) is 4.87.